The maximum Gasteiger partial charge on any atom is 0.316 e. The average molecular weight is 518 g/mol. The zero-order chi connectivity index (χ0) is 27.6. The fourth-order valence-electron chi connectivity index (χ4n) is 4.98. The van der Waals surface area contributed by atoms with Gasteiger partial charge in [0, 0.05) is 24.9 Å². The van der Waals surface area contributed by atoms with E-state index in [1.165, 1.54) is 11.8 Å². The third-order valence-electron chi connectivity index (χ3n) is 7.50. The second-order valence-electron chi connectivity index (χ2n) is 10.2. The molecule has 1 heterocycles. The molecule has 0 radical (unpaired) electrons. The molecule has 1 rings (SSSR count). The lowest BCUT2D eigenvalue weighted by molar-refractivity contribution is -0.177. The number of ketones is 1. The quantitative estimate of drug-likeness (QED) is 0.164. The fraction of sp³-hybridized carbons (Fsp3) is 0.889. The lowest BCUT2D eigenvalue weighted by Gasteiger charge is -2.42. The third-order valence-corrected chi connectivity index (χ3v) is 7.84. The molecule has 0 amide bonds. The molecule has 0 aromatic carbocycles. The topological polar surface area (TPSA) is 94.4 Å². The van der Waals surface area contributed by atoms with E-state index in [9.17, 15) is 14.7 Å². The van der Waals surface area contributed by atoms with Crippen LogP contribution in [0.1, 0.15) is 88.5 Å². The van der Waals surface area contributed by atoms with Gasteiger partial charge in [0.05, 0.1) is 11.3 Å². The van der Waals surface area contributed by atoms with Crippen molar-refractivity contribution in [2.24, 2.45) is 34.7 Å². The molecule has 0 aromatic heterocycles. The molecule has 8 heteroatoms. The Morgan fingerprint density at radius 1 is 1.09 bits per heavy atom. The minimum Gasteiger partial charge on any atom is -0.459 e. The Labute approximate surface area is 218 Å². The highest BCUT2D eigenvalue weighted by Gasteiger charge is 2.45. The van der Waals surface area contributed by atoms with Crippen LogP contribution in [0.4, 0.5) is 0 Å². The summed E-state index contributed by atoms with van der Waals surface area (Å²) in [5.41, 5.74) is -1.10. The number of aliphatic hydroxyl groups is 1. The van der Waals surface area contributed by atoms with Crippen molar-refractivity contribution in [3.8, 4) is 0 Å². The summed E-state index contributed by atoms with van der Waals surface area (Å²) >= 11 is 1.53. The zero-order valence-corrected chi connectivity index (χ0v) is 25.0. The van der Waals surface area contributed by atoms with Crippen LogP contribution in [0.5, 0.6) is 0 Å². The molecule has 1 fully saturated rings. The second-order valence-corrected chi connectivity index (χ2v) is 11.0. The van der Waals surface area contributed by atoms with E-state index in [1.807, 2.05) is 54.7 Å². The van der Waals surface area contributed by atoms with E-state index in [4.69, 9.17) is 14.3 Å². The maximum atomic E-state index is 13.1. The Balaban J connectivity index is 0.00000562. The molecule has 1 N–H and O–H groups in total. The largest absolute Gasteiger partial charge is 0.459 e. The molecule has 1 aliphatic heterocycles. The Bertz CT molecular complexity index is 697. The van der Waals surface area contributed by atoms with Crippen LogP contribution in [0.15, 0.2) is 5.16 Å². The van der Waals surface area contributed by atoms with Crippen molar-refractivity contribution in [3.05, 3.63) is 0 Å². The molecule has 0 bridgehead atoms. The van der Waals surface area contributed by atoms with Crippen molar-refractivity contribution in [1.82, 2.24) is 0 Å². The number of carbonyl (C=O) groups is 2. The standard InChI is InChI=1S/C25H45NO6S.C2H6/c1-11-20-25(8,29)19(6)17(4)21(26-31-14-33-10)15(2)12-24(7,30-9)13-16(3)22(27)18(5)23(28)32-20;1-2/h15-20,29H,11-14H2,1-10H3;1-2H3/b26-21+;/t15-,16-,17?,18-,19?,20-,24-,25+;/m1./s1. The van der Waals surface area contributed by atoms with Gasteiger partial charge in [-0.05, 0) is 52.2 Å². The molecule has 8 atom stereocenters. The highest BCUT2D eigenvalue weighted by atomic mass is 32.2. The number of oxime groups is 1. The van der Waals surface area contributed by atoms with Crippen LogP contribution in [0.3, 0.4) is 0 Å². The number of hydrogen-bond donors (Lipinski definition) is 1. The van der Waals surface area contributed by atoms with E-state index in [2.05, 4.69) is 12.1 Å². The van der Waals surface area contributed by atoms with Gasteiger partial charge in [0.15, 0.2) is 5.94 Å². The van der Waals surface area contributed by atoms with Gasteiger partial charge in [-0.25, -0.2) is 0 Å². The predicted octanol–water partition coefficient (Wildman–Crippen LogP) is 5.73. The number of thioether (sulfide) groups is 1. The lowest BCUT2D eigenvalue weighted by Crippen LogP contribution is -2.52. The Morgan fingerprint density at radius 2 is 1.63 bits per heavy atom. The summed E-state index contributed by atoms with van der Waals surface area (Å²) < 4.78 is 11.6. The van der Waals surface area contributed by atoms with Gasteiger partial charge in [0.1, 0.15) is 23.4 Å². The zero-order valence-electron chi connectivity index (χ0n) is 24.1. The number of hydrogen-bond acceptors (Lipinski definition) is 8. The van der Waals surface area contributed by atoms with Gasteiger partial charge < -0.3 is 19.4 Å². The number of Topliss-reactive ketones (excluding diaryl/α,β-unsaturated/α-hetero) is 1. The van der Waals surface area contributed by atoms with E-state index >= 15 is 0 Å². The molecule has 0 saturated carbocycles. The van der Waals surface area contributed by atoms with Crippen LogP contribution in [0.2, 0.25) is 0 Å². The highest BCUT2D eigenvalue weighted by molar-refractivity contribution is 7.98. The first-order valence-electron chi connectivity index (χ1n) is 13.0. The van der Waals surface area contributed by atoms with Gasteiger partial charge in [0.2, 0.25) is 0 Å². The monoisotopic (exact) mass is 517 g/mol. The molecule has 1 saturated heterocycles. The normalized spacial score (nSPS) is 38.7. The predicted molar refractivity (Wildman–Crippen MR) is 145 cm³/mol. The van der Waals surface area contributed by atoms with Gasteiger partial charge in [0.25, 0.3) is 0 Å². The Kier molecular flexibility index (Phi) is 14.7. The minimum atomic E-state index is -1.33. The summed E-state index contributed by atoms with van der Waals surface area (Å²) in [7, 11) is 1.65. The SMILES string of the molecule is CC.CC[C@H]1OC(=O)[C@H](C)C(=O)[C@H](C)C[C@](C)(OC)C[C@@H](C)/C(=N\OCSC)C(C)C(C)[C@]1(C)O. The molecule has 0 aliphatic carbocycles. The van der Waals surface area contributed by atoms with Crippen molar-refractivity contribution in [2.45, 2.75) is 106 Å². The summed E-state index contributed by atoms with van der Waals surface area (Å²) in [5, 5.41) is 16.0. The number of esters is 1. The number of cyclic esters (lactones) is 1. The van der Waals surface area contributed by atoms with Crippen LogP contribution in [0.25, 0.3) is 0 Å². The van der Waals surface area contributed by atoms with Gasteiger partial charge in [-0.2, -0.15) is 0 Å². The molecular weight excluding hydrogens is 466 g/mol. The van der Waals surface area contributed by atoms with Gasteiger partial charge in [-0.1, -0.05) is 53.6 Å². The number of ether oxygens (including phenoxy) is 2. The molecule has 35 heavy (non-hydrogen) atoms. The van der Waals surface area contributed by atoms with Crippen LogP contribution in [0, 0.1) is 29.6 Å². The molecule has 1 aliphatic rings. The first-order valence-corrected chi connectivity index (χ1v) is 14.3. The smallest absolute Gasteiger partial charge is 0.316 e. The Morgan fingerprint density at radius 3 is 2.11 bits per heavy atom. The second kappa shape index (κ2) is 15.2. The summed E-state index contributed by atoms with van der Waals surface area (Å²) in [6.07, 6.45) is 2.72. The molecule has 2 unspecified atom stereocenters. The number of nitrogens with zero attached hydrogens (tertiary/aromatic N) is 1. The van der Waals surface area contributed by atoms with Crippen molar-refractivity contribution in [1.29, 1.82) is 0 Å². The highest BCUT2D eigenvalue weighted by Crippen LogP contribution is 2.37. The van der Waals surface area contributed by atoms with Crippen LogP contribution in [-0.2, 0) is 23.9 Å². The van der Waals surface area contributed by atoms with E-state index in [0.717, 1.165) is 5.71 Å². The first-order chi connectivity index (χ1) is 16.3. The minimum absolute atomic E-state index is 0.0182. The summed E-state index contributed by atoms with van der Waals surface area (Å²) in [6.45, 7) is 19.0. The number of rotatable bonds is 5. The molecule has 7 nitrogen and oxygen atoms in total. The van der Waals surface area contributed by atoms with E-state index in [0.29, 0.717) is 25.2 Å². The van der Waals surface area contributed by atoms with E-state index < -0.39 is 35.1 Å². The van der Waals surface area contributed by atoms with Crippen LogP contribution < -0.4 is 0 Å². The van der Waals surface area contributed by atoms with Gasteiger partial charge >= 0.3 is 5.97 Å². The summed E-state index contributed by atoms with van der Waals surface area (Å²) in [6, 6.07) is 0. The average Bonchev–Trinajstić information content (AvgIpc) is 2.83. The molecule has 0 spiro atoms. The van der Waals surface area contributed by atoms with Gasteiger partial charge in [-0.3, -0.25) is 9.59 Å². The number of methoxy groups -OCH3 is 1. The lowest BCUT2D eigenvalue weighted by atomic mass is 9.71. The molecular formula is C27H51NO6S. The summed E-state index contributed by atoms with van der Waals surface area (Å²) in [4.78, 5) is 31.5. The van der Waals surface area contributed by atoms with E-state index in [-0.39, 0.29) is 23.5 Å². The van der Waals surface area contributed by atoms with Crippen molar-refractivity contribution >= 4 is 29.2 Å². The van der Waals surface area contributed by atoms with Gasteiger partial charge in [-0.15, -0.1) is 11.8 Å². The van der Waals surface area contributed by atoms with Crippen molar-refractivity contribution in [2.75, 3.05) is 19.3 Å². The summed E-state index contributed by atoms with van der Waals surface area (Å²) in [5.74, 6) is -2.11. The number of carbonyl (C=O) groups excluding carboxylic acids is 2. The third kappa shape index (κ3) is 9.04. The molecule has 206 valence electrons. The fourth-order valence-corrected chi connectivity index (χ4v) is 5.14. The van der Waals surface area contributed by atoms with Crippen LogP contribution in [-0.4, -0.2) is 59.2 Å². The van der Waals surface area contributed by atoms with Crippen LogP contribution >= 0.6 is 11.8 Å². The molecule has 0 aromatic rings. The van der Waals surface area contributed by atoms with E-state index in [1.54, 1.807) is 21.0 Å². The van der Waals surface area contributed by atoms with Crippen molar-refractivity contribution < 1.29 is 29.0 Å². The maximum absolute atomic E-state index is 13.1. The van der Waals surface area contributed by atoms with Crippen molar-refractivity contribution in [3.63, 3.8) is 0 Å². The Hall–Kier alpha value is -1.12. The first kappa shape index (κ1) is 33.9.